The van der Waals surface area contributed by atoms with Gasteiger partial charge in [0.15, 0.2) is 0 Å². The van der Waals surface area contributed by atoms with Crippen LogP contribution < -0.4 is 9.80 Å². The number of hydrogen-bond donors (Lipinski definition) is 0. The first-order chi connectivity index (χ1) is 9.09. The number of hydrogen-bond acceptors (Lipinski definition) is 2. The van der Waals surface area contributed by atoms with Crippen molar-refractivity contribution < 1.29 is 0 Å². The number of anilines is 2. The maximum atomic E-state index is 2.28. The average Bonchev–Trinajstić information content (AvgIpc) is 2.76. The molecule has 1 aromatic heterocycles. The molecule has 0 unspecified atom stereocenters. The minimum absolute atomic E-state index is 0.433. The Kier molecular flexibility index (Phi) is 3.04. The van der Waals surface area contributed by atoms with Crippen LogP contribution in [0.15, 0.2) is 36.4 Å². The molecule has 3 heteroatoms. The van der Waals surface area contributed by atoms with Gasteiger partial charge in [0, 0.05) is 0 Å². The van der Waals surface area contributed by atoms with Crippen molar-refractivity contribution in [2.45, 2.75) is 0 Å². The molecule has 0 bridgehead atoms. The van der Waals surface area contributed by atoms with Crippen molar-refractivity contribution in [2.24, 2.45) is 0 Å². The molecule has 0 saturated carbocycles. The van der Waals surface area contributed by atoms with Crippen molar-refractivity contribution in [3.8, 4) is 0 Å². The van der Waals surface area contributed by atoms with Crippen molar-refractivity contribution in [1.29, 1.82) is 0 Å². The topological polar surface area (TPSA) is 6.48 Å². The Hall–Kier alpha value is -1.44. The fourth-order valence-corrected chi connectivity index (χ4v) is 4.98. The van der Waals surface area contributed by atoms with E-state index in [1.54, 1.807) is 0 Å². The van der Waals surface area contributed by atoms with E-state index in [1.807, 2.05) is 0 Å². The second kappa shape index (κ2) is 4.59. The third-order valence-corrected chi connectivity index (χ3v) is 5.79. The molecule has 0 amide bonds. The Balaban J connectivity index is 2.52. The van der Waals surface area contributed by atoms with Crippen LogP contribution in [0.1, 0.15) is 0 Å². The fourth-order valence-electron chi connectivity index (χ4n) is 2.58. The van der Waals surface area contributed by atoms with Gasteiger partial charge in [0.1, 0.15) is 0 Å². The summed E-state index contributed by atoms with van der Waals surface area (Å²) in [6, 6.07) is 13.4. The first-order valence-electron chi connectivity index (χ1n) is 6.38. The molecule has 2 aromatic carbocycles. The van der Waals surface area contributed by atoms with Crippen LogP contribution in [-0.4, -0.2) is 42.7 Å². The standard InChI is InChI=1S/C16H18N2Se/c1-17(2)11-7-5-9-13-15(11)16-12(18(3)4)8-6-10-14(16)19-13/h5-10H,1-4H3. The van der Waals surface area contributed by atoms with E-state index in [2.05, 4.69) is 74.4 Å². The Labute approximate surface area is 120 Å². The molecule has 0 aliphatic carbocycles. The number of fused-ring (bicyclic) bond motifs is 3. The quantitative estimate of drug-likeness (QED) is 0.670. The normalized spacial score (nSPS) is 11.2. The molecule has 3 aromatic rings. The van der Waals surface area contributed by atoms with Gasteiger partial charge in [-0.15, -0.1) is 0 Å². The van der Waals surface area contributed by atoms with E-state index in [1.165, 1.54) is 30.7 Å². The molecule has 0 radical (unpaired) electrons. The number of nitrogens with zero attached hydrogens (tertiary/aromatic N) is 2. The Morgan fingerprint density at radius 3 is 1.47 bits per heavy atom. The minimum atomic E-state index is 0.433. The molecule has 3 rings (SSSR count). The molecule has 0 atom stereocenters. The van der Waals surface area contributed by atoms with Gasteiger partial charge in [0.2, 0.25) is 0 Å². The molecule has 1 heterocycles. The summed E-state index contributed by atoms with van der Waals surface area (Å²) in [6.07, 6.45) is 0. The van der Waals surface area contributed by atoms with Crippen LogP contribution in [0.5, 0.6) is 0 Å². The van der Waals surface area contributed by atoms with Crippen LogP contribution in [0.25, 0.3) is 19.3 Å². The summed E-state index contributed by atoms with van der Waals surface area (Å²) in [5.41, 5.74) is 2.65. The van der Waals surface area contributed by atoms with Gasteiger partial charge in [-0.2, -0.15) is 0 Å². The SMILES string of the molecule is CN(C)c1cccc2[se]c3cccc(N(C)C)c3c12. The summed E-state index contributed by atoms with van der Waals surface area (Å²) in [6.45, 7) is 0. The van der Waals surface area contributed by atoms with Crippen LogP contribution in [0.2, 0.25) is 0 Å². The van der Waals surface area contributed by atoms with Gasteiger partial charge in [-0.1, -0.05) is 0 Å². The van der Waals surface area contributed by atoms with Crippen LogP contribution in [0, 0.1) is 0 Å². The van der Waals surface area contributed by atoms with E-state index in [-0.39, 0.29) is 0 Å². The van der Waals surface area contributed by atoms with Gasteiger partial charge in [-0.25, -0.2) is 0 Å². The Morgan fingerprint density at radius 2 is 1.11 bits per heavy atom. The monoisotopic (exact) mass is 318 g/mol. The van der Waals surface area contributed by atoms with Gasteiger partial charge < -0.3 is 0 Å². The molecule has 0 spiro atoms. The summed E-state index contributed by atoms with van der Waals surface area (Å²) < 4.78 is 3.01. The van der Waals surface area contributed by atoms with Crippen molar-refractivity contribution >= 4 is 45.2 Å². The van der Waals surface area contributed by atoms with Crippen molar-refractivity contribution in [1.82, 2.24) is 0 Å². The van der Waals surface area contributed by atoms with Gasteiger partial charge in [0.05, 0.1) is 0 Å². The first-order valence-corrected chi connectivity index (χ1v) is 8.10. The third kappa shape index (κ3) is 1.94. The van der Waals surface area contributed by atoms with Gasteiger partial charge >= 0.3 is 120 Å². The molecule has 0 saturated heterocycles. The van der Waals surface area contributed by atoms with E-state index in [4.69, 9.17) is 0 Å². The molecule has 0 aliphatic heterocycles. The summed E-state index contributed by atoms with van der Waals surface area (Å²) in [7, 11) is 8.50. The van der Waals surface area contributed by atoms with E-state index in [9.17, 15) is 0 Å². The Morgan fingerprint density at radius 1 is 0.684 bits per heavy atom. The van der Waals surface area contributed by atoms with E-state index < -0.39 is 0 Å². The molecular formula is C16H18N2Se. The second-order valence-corrected chi connectivity index (χ2v) is 7.47. The predicted octanol–water partition coefficient (Wildman–Crippen LogP) is 3.18. The molecular weight excluding hydrogens is 299 g/mol. The summed E-state index contributed by atoms with van der Waals surface area (Å²) in [5.74, 6) is 0. The van der Waals surface area contributed by atoms with Crippen molar-refractivity contribution in [3.63, 3.8) is 0 Å². The van der Waals surface area contributed by atoms with Gasteiger partial charge in [-0.05, 0) is 0 Å². The van der Waals surface area contributed by atoms with Crippen LogP contribution in [0.4, 0.5) is 11.4 Å². The number of benzene rings is 2. The van der Waals surface area contributed by atoms with Crippen molar-refractivity contribution in [3.05, 3.63) is 36.4 Å². The zero-order valence-electron chi connectivity index (χ0n) is 11.8. The summed E-state index contributed by atoms with van der Waals surface area (Å²) >= 11 is 0.433. The van der Waals surface area contributed by atoms with E-state index in [0.717, 1.165) is 0 Å². The zero-order valence-corrected chi connectivity index (χ0v) is 13.5. The van der Waals surface area contributed by atoms with Crippen LogP contribution in [0.3, 0.4) is 0 Å². The zero-order chi connectivity index (χ0) is 13.6. The molecule has 2 nitrogen and oxygen atoms in total. The third-order valence-electron chi connectivity index (χ3n) is 3.44. The second-order valence-electron chi connectivity index (χ2n) is 5.19. The van der Waals surface area contributed by atoms with Crippen molar-refractivity contribution in [2.75, 3.05) is 38.0 Å². The molecule has 98 valence electrons. The summed E-state index contributed by atoms with van der Waals surface area (Å²) in [4.78, 5) is 4.44. The van der Waals surface area contributed by atoms with Gasteiger partial charge in [0.25, 0.3) is 0 Å². The van der Waals surface area contributed by atoms with Gasteiger partial charge in [-0.3, -0.25) is 0 Å². The molecule has 0 fully saturated rings. The molecule has 19 heavy (non-hydrogen) atoms. The first kappa shape index (κ1) is 12.6. The maximum absolute atomic E-state index is 2.28. The molecule has 0 N–H and O–H groups in total. The summed E-state index contributed by atoms with van der Waals surface area (Å²) in [5, 5.41) is 2.87. The van der Waals surface area contributed by atoms with Crippen LogP contribution in [-0.2, 0) is 0 Å². The number of rotatable bonds is 2. The van der Waals surface area contributed by atoms with E-state index in [0.29, 0.717) is 14.5 Å². The average molecular weight is 317 g/mol. The van der Waals surface area contributed by atoms with Crippen LogP contribution >= 0.6 is 0 Å². The predicted molar refractivity (Wildman–Crippen MR) is 87.0 cm³/mol. The van der Waals surface area contributed by atoms with E-state index >= 15 is 0 Å². The molecule has 0 aliphatic rings. The fraction of sp³-hybridized carbons (Fsp3) is 0.250. The Bertz CT molecular complexity index is 679.